The number of nitrogens with one attached hydrogen (secondary N) is 1. The average Bonchev–Trinajstić information content (AvgIpc) is 2.78. The van der Waals surface area contributed by atoms with Crippen molar-refractivity contribution < 1.29 is 0 Å². The van der Waals surface area contributed by atoms with Gasteiger partial charge in [0.05, 0.1) is 0 Å². The van der Waals surface area contributed by atoms with Crippen LogP contribution in [0.5, 0.6) is 0 Å². The molecule has 0 saturated heterocycles. The van der Waals surface area contributed by atoms with Crippen molar-refractivity contribution in [3.8, 4) is 0 Å². The van der Waals surface area contributed by atoms with Crippen molar-refractivity contribution >= 4 is 0 Å². The summed E-state index contributed by atoms with van der Waals surface area (Å²) in [5, 5.41) is 3.61. The zero-order valence-electron chi connectivity index (χ0n) is 12.7. The van der Waals surface area contributed by atoms with E-state index >= 15 is 0 Å². The van der Waals surface area contributed by atoms with Gasteiger partial charge in [-0.1, -0.05) is 20.8 Å². The number of rotatable bonds is 8. The van der Waals surface area contributed by atoms with Crippen molar-refractivity contribution in [3.05, 3.63) is 18.2 Å². The molecule has 1 aromatic rings. The lowest BCUT2D eigenvalue weighted by Crippen LogP contribution is -2.37. The van der Waals surface area contributed by atoms with E-state index < -0.39 is 0 Å². The van der Waals surface area contributed by atoms with Crippen LogP contribution >= 0.6 is 0 Å². The summed E-state index contributed by atoms with van der Waals surface area (Å²) in [5.74, 6) is 3.76. The van der Waals surface area contributed by atoms with Crippen molar-refractivity contribution in [1.82, 2.24) is 14.9 Å². The summed E-state index contributed by atoms with van der Waals surface area (Å²) < 4.78 is 2.33. The predicted molar refractivity (Wildman–Crippen MR) is 80.1 cm³/mol. The largest absolute Gasteiger partial charge is 0.335 e. The smallest absolute Gasteiger partial charge is 0.108 e. The molecule has 0 bridgehead atoms. The van der Waals surface area contributed by atoms with Gasteiger partial charge < -0.3 is 9.88 Å². The van der Waals surface area contributed by atoms with E-state index in [1.807, 2.05) is 6.20 Å². The fourth-order valence-corrected chi connectivity index (χ4v) is 2.94. The first kappa shape index (κ1) is 14.6. The van der Waals surface area contributed by atoms with Crippen LogP contribution in [-0.2, 0) is 13.0 Å². The van der Waals surface area contributed by atoms with Gasteiger partial charge in [0.1, 0.15) is 5.82 Å². The van der Waals surface area contributed by atoms with Gasteiger partial charge in [0.2, 0.25) is 0 Å². The molecule has 1 saturated carbocycles. The van der Waals surface area contributed by atoms with Crippen LogP contribution in [0, 0.1) is 17.8 Å². The minimum atomic E-state index is 0.752. The maximum Gasteiger partial charge on any atom is 0.108 e. The highest BCUT2D eigenvalue weighted by Crippen LogP contribution is 2.36. The average molecular weight is 263 g/mol. The van der Waals surface area contributed by atoms with Gasteiger partial charge in [-0.15, -0.1) is 0 Å². The molecule has 108 valence electrons. The van der Waals surface area contributed by atoms with Crippen LogP contribution in [0.25, 0.3) is 0 Å². The van der Waals surface area contributed by atoms with Gasteiger partial charge in [0.15, 0.2) is 0 Å². The molecule has 2 atom stereocenters. The molecule has 19 heavy (non-hydrogen) atoms. The number of aromatic nitrogens is 2. The van der Waals surface area contributed by atoms with E-state index in [4.69, 9.17) is 0 Å². The first-order valence-corrected chi connectivity index (χ1v) is 7.91. The van der Waals surface area contributed by atoms with Crippen molar-refractivity contribution in [2.24, 2.45) is 17.8 Å². The number of hydrogen-bond donors (Lipinski definition) is 1. The lowest BCUT2D eigenvalue weighted by Gasteiger charge is -2.37. The van der Waals surface area contributed by atoms with E-state index in [-0.39, 0.29) is 0 Å². The Morgan fingerprint density at radius 3 is 2.79 bits per heavy atom. The molecule has 1 aromatic heterocycles. The van der Waals surface area contributed by atoms with Crippen molar-refractivity contribution in [1.29, 1.82) is 0 Å². The Morgan fingerprint density at radius 2 is 2.16 bits per heavy atom. The van der Waals surface area contributed by atoms with Crippen LogP contribution in [-0.4, -0.2) is 22.6 Å². The third kappa shape index (κ3) is 4.07. The third-order valence-corrected chi connectivity index (χ3v) is 4.25. The fraction of sp³-hybridized carbons (Fsp3) is 0.812. The van der Waals surface area contributed by atoms with E-state index in [0.717, 1.165) is 30.8 Å². The minimum absolute atomic E-state index is 0.752. The standard InChI is InChI=1S/C16H29N3/c1-4-8-19-9-7-18-16(19)10-14-5-6-15(14)12-17-11-13(2)3/h7,9,13-15,17H,4-6,8,10-12H2,1-3H3. The Kier molecular flexibility index (Phi) is 5.44. The van der Waals surface area contributed by atoms with E-state index in [1.54, 1.807) is 0 Å². The molecular formula is C16H29N3. The molecule has 1 aliphatic carbocycles. The molecule has 3 nitrogen and oxygen atoms in total. The van der Waals surface area contributed by atoms with Crippen molar-refractivity contribution in [2.75, 3.05) is 13.1 Å². The summed E-state index contributed by atoms with van der Waals surface area (Å²) >= 11 is 0. The molecule has 0 aliphatic heterocycles. The molecule has 0 spiro atoms. The van der Waals surface area contributed by atoms with Gasteiger partial charge in [-0.05, 0) is 50.1 Å². The molecule has 2 unspecified atom stereocenters. The van der Waals surface area contributed by atoms with Crippen LogP contribution < -0.4 is 5.32 Å². The van der Waals surface area contributed by atoms with Gasteiger partial charge in [-0.2, -0.15) is 0 Å². The van der Waals surface area contributed by atoms with Crippen LogP contribution in [0.2, 0.25) is 0 Å². The Labute approximate surface area is 117 Å². The molecule has 1 aliphatic rings. The summed E-state index contributed by atoms with van der Waals surface area (Å²) in [5.41, 5.74) is 0. The number of nitrogens with zero attached hydrogens (tertiary/aromatic N) is 2. The Bertz CT molecular complexity index is 370. The second-order valence-electron chi connectivity index (χ2n) is 6.39. The normalized spacial score (nSPS) is 22.7. The zero-order chi connectivity index (χ0) is 13.7. The summed E-state index contributed by atoms with van der Waals surface area (Å²) in [4.78, 5) is 4.54. The Hall–Kier alpha value is -0.830. The van der Waals surface area contributed by atoms with E-state index in [2.05, 4.69) is 41.8 Å². The highest BCUT2D eigenvalue weighted by atomic mass is 15.1. The van der Waals surface area contributed by atoms with E-state index in [9.17, 15) is 0 Å². The molecule has 1 N–H and O–H groups in total. The van der Waals surface area contributed by atoms with Crippen LogP contribution in [0.4, 0.5) is 0 Å². The quantitative estimate of drug-likeness (QED) is 0.781. The first-order chi connectivity index (χ1) is 9.20. The summed E-state index contributed by atoms with van der Waals surface area (Å²) in [6.07, 6.45) is 9.21. The van der Waals surface area contributed by atoms with Gasteiger partial charge >= 0.3 is 0 Å². The SMILES string of the molecule is CCCn1ccnc1CC1CCC1CNCC(C)C. The van der Waals surface area contributed by atoms with Crippen molar-refractivity contribution in [3.63, 3.8) is 0 Å². The van der Waals surface area contributed by atoms with Gasteiger partial charge in [0, 0.05) is 25.4 Å². The lowest BCUT2D eigenvalue weighted by atomic mass is 9.71. The maximum atomic E-state index is 4.54. The fourth-order valence-electron chi connectivity index (χ4n) is 2.94. The summed E-state index contributed by atoms with van der Waals surface area (Å²) in [6.45, 7) is 10.2. The predicted octanol–water partition coefficient (Wildman–Crippen LogP) is 3.11. The topological polar surface area (TPSA) is 29.9 Å². The molecule has 0 amide bonds. The second kappa shape index (κ2) is 7.09. The molecule has 1 heterocycles. The minimum Gasteiger partial charge on any atom is -0.335 e. The maximum absolute atomic E-state index is 4.54. The monoisotopic (exact) mass is 263 g/mol. The van der Waals surface area contributed by atoms with Gasteiger partial charge in [-0.3, -0.25) is 0 Å². The van der Waals surface area contributed by atoms with Crippen LogP contribution in [0.3, 0.4) is 0 Å². The lowest BCUT2D eigenvalue weighted by molar-refractivity contribution is 0.166. The summed E-state index contributed by atoms with van der Waals surface area (Å²) in [6, 6.07) is 0. The summed E-state index contributed by atoms with van der Waals surface area (Å²) in [7, 11) is 0. The van der Waals surface area contributed by atoms with Crippen molar-refractivity contribution in [2.45, 2.75) is 53.0 Å². The first-order valence-electron chi connectivity index (χ1n) is 7.91. The second-order valence-corrected chi connectivity index (χ2v) is 6.39. The highest BCUT2D eigenvalue weighted by Gasteiger charge is 2.31. The Balaban J connectivity index is 1.77. The van der Waals surface area contributed by atoms with Gasteiger partial charge in [-0.25, -0.2) is 4.98 Å². The van der Waals surface area contributed by atoms with E-state index in [0.29, 0.717) is 0 Å². The van der Waals surface area contributed by atoms with Gasteiger partial charge in [0.25, 0.3) is 0 Å². The molecular weight excluding hydrogens is 234 g/mol. The zero-order valence-corrected chi connectivity index (χ0v) is 12.7. The number of hydrogen-bond acceptors (Lipinski definition) is 2. The number of imidazole rings is 1. The highest BCUT2D eigenvalue weighted by molar-refractivity contribution is 4.97. The number of aryl methyl sites for hydroxylation is 1. The van der Waals surface area contributed by atoms with E-state index in [1.165, 1.54) is 38.1 Å². The van der Waals surface area contributed by atoms with Crippen LogP contribution in [0.15, 0.2) is 12.4 Å². The molecule has 2 rings (SSSR count). The molecule has 0 aromatic carbocycles. The van der Waals surface area contributed by atoms with Crippen LogP contribution in [0.1, 0.15) is 45.9 Å². The third-order valence-electron chi connectivity index (χ3n) is 4.25. The molecule has 3 heteroatoms. The molecule has 0 radical (unpaired) electrons. The molecule has 1 fully saturated rings. The Morgan fingerprint density at radius 1 is 1.37 bits per heavy atom.